The minimum atomic E-state index is -1.40. The van der Waals surface area contributed by atoms with Gasteiger partial charge < -0.3 is 31.4 Å². The molecule has 1 unspecified atom stereocenters. The molecule has 31 heavy (non-hydrogen) atoms. The second kappa shape index (κ2) is 10.4. The average molecular weight is 447 g/mol. The zero-order chi connectivity index (χ0) is 24.8. The van der Waals surface area contributed by atoms with Crippen molar-refractivity contribution in [2.24, 2.45) is 28.0 Å². The van der Waals surface area contributed by atoms with Gasteiger partial charge in [-0.3, -0.25) is 4.90 Å². The van der Waals surface area contributed by atoms with Crippen LogP contribution < -0.4 is 17.2 Å². The number of ether oxygens (including phenoxy) is 3. The van der Waals surface area contributed by atoms with E-state index in [1.165, 1.54) is 4.90 Å². The van der Waals surface area contributed by atoms with Gasteiger partial charge in [-0.25, -0.2) is 14.4 Å². The minimum absolute atomic E-state index is 0.175. The molecule has 0 aliphatic rings. The molecule has 10 heteroatoms. The largest absolute Gasteiger partial charge is 0.447 e. The normalized spacial score (nSPS) is 13.9. The lowest BCUT2D eigenvalue weighted by Crippen LogP contribution is -2.70. The van der Waals surface area contributed by atoms with E-state index >= 15 is 0 Å². The van der Waals surface area contributed by atoms with Gasteiger partial charge in [-0.2, -0.15) is 0 Å². The molecule has 0 aromatic carbocycles. The first-order valence-electron chi connectivity index (χ1n) is 10.4. The molecule has 0 heterocycles. The standard InChI is InChI=1S/C21H42N4O6/c1-18(2,3)21(19(4,5)6,30-16(24)27)14(13-29-15(23)26)25(12-10-11-22)17(28)31-20(7,8)9/h14H,10-13,22H2,1-9H3,(H2,23,26)(H2,24,27). The average Bonchev–Trinajstić information content (AvgIpc) is 2.51. The fourth-order valence-electron chi connectivity index (χ4n) is 4.20. The number of carbonyl (C=O) groups is 3. The van der Waals surface area contributed by atoms with Crippen LogP contribution in [0.3, 0.4) is 0 Å². The lowest BCUT2D eigenvalue weighted by molar-refractivity contribution is -0.188. The summed E-state index contributed by atoms with van der Waals surface area (Å²) in [5, 5.41) is 0. The number of carbonyl (C=O) groups excluding carboxylic acids is 3. The van der Waals surface area contributed by atoms with Gasteiger partial charge in [-0.1, -0.05) is 41.5 Å². The minimum Gasteiger partial charge on any atom is -0.447 e. The van der Waals surface area contributed by atoms with Crippen LogP contribution in [0.15, 0.2) is 0 Å². The molecular formula is C21H42N4O6. The summed E-state index contributed by atoms with van der Waals surface area (Å²) in [6.45, 7) is 16.5. The lowest BCUT2D eigenvalue weighted by Gasteiger charge is -2.57. The number of hydrogen-bond acceptors (Lipinski definition) is 7. The number of hydrogen-bond donors (Lipinski definition) is 3. The van der Waals surface area contributed by atoms with Gasteiger partial charge in [-0.15, -0.1) is 0 Å². The number of nitrogens with two attached hydrogens (primary N) is 3. The highest BCUT2D eigenvalue weighted by Gasteiger charge is 2.62. The van der Waals surface area contributed by atoms with E-state index in [1.807, 2.05) is 41.5 Å². The molecule has 0 aliphatic carbocycles. The molecule has 1 atom stereocenters. The zero-order valence-electron chi connectivity index (χ0n) is 20.5. The predicted octanol–water partition coefficient (Wildman–Crippen LogP) is 2.96. The summed E-state index contributed by atoms with van der Waals surface area (Å²) in [5.41, 5.74) is 12.7. The van der Waals surface area contributed by atoms with Crippen molar-refractivity contribution in [3.05, 3.63) is 0 Å². The van der Waals surface area contributed by atoms with E-state index in [0.717, 1.165) is 0 Å². The highest BCUT2D eigenvalue weighted by molar-refractivity contribution is 5.70. The van der Waals surface area contributed by atoms with E-state index < -0.39 is 46.4 Å². The Morgan fingerprint density at radius 1 is 0.839 bits per heavy atom. The Kier molecular flexibility index (Phi) is 9.64. The van der Waals surface area contributed by atoms with Crippen LogP contribution >= 0.6 is 0 Å². The first kappa shape index (κ1) is 28.8. The van der Waals surface area contributed by atoms with Crippen LogP contribution in [0, 0.1) is 10.8 Å². The topological polar surface area (TPSA) is 160 Å². The Hall–Kier alpha value is -2.23. The van der Waals surface area contributed by atoms with Crippen molar-refractivity contribution in [1.29, 1.82) is 0 Å². The van der Waals surface area contributed by atoms with Crippen molar-refractivity contribution in [3.63, 3.8) is 0 Å². The smallest absolute Gasteiger partial charge is 0.410 e. The molecule has 0 aliphatic heterocycles. The van der Waals surface area contributed by atoms with Crippen LogP contribution in [0.5, 0.6) is 0 Å². The maximum Gasteiger partial charge on any atom is 0.410 e. The molecule has 0 radical (unpaired) electrons. The molecule has 0 aromatic rings. The number of nitrogens with zero attached hydrogens (tertiary/aromatic N) is 1. The highest BCUT2D eigenvalue weighted by atomic mass is 16.6. The van der Waals surface area contributed by atoms with Gasteiger partial charge >= 0.3 is 18.3 Å². The van der Waals surface area contributed by atoms with Crippen LogP contribution in [-0.2, 0) is 14.2 Å². The van der Waals surface area contributed by atoms with E-state index in [0.29, 0.717) is 13.0 Å². The third-order valence-electron chi connectivity index (χ3n) is 4.95. The molecule has 0 saturated heterocycles. The van der Waals surface area contributed by atoms with Gasteiger partial charge in [0.15, 0.2) is 0 Å². The molecule has 0 fully saturated rings. The van der Waals surface area contributed by atoms with Gasteiger partial charge in [0, 0.05) is 17.4 Å². The molecule has 0 aromatic heterocycles. The first-order chi connectivity index (χ1) is 13.8. The van der Waals surface area contributed by atoms with Gasteiger partial charge in [0.2, 0.25) is 0 Å². The third kappa shape index (κ3) is 7.75. The van der Waals surface area contributed by atoms with Crippen LogP contribution in [-0.4, -0.2) is 60.1 Å². The maximum atomic E-state index is 13.3. The second-order valence-electron chi connectivity index (χ2n) is 10.6. The molecule has 0 spiro atoms. The van der Waals surface area contributed by atoms with E-state index in [4.69, 9.17) is 31.4 Å². The highest BCUT2D eigenvalue weighted by Crippen LogP contribution is 2.51. The van der Waals surface area contributed by atoms with Crippen LogP contribution in [0.2, 0.25) is 0 Å². The van der Waals surface area contributed by atoms with Crippen molar-refractivity contribution < 1.29 is 28.6 Å². The molecule has 0 bridgehead atoms. The molecule has 10 nitrogen and oxygen atoms in total. The van der Waals surface area contributed by atoms with Crippen LogP contribution in [0.4, 0.5) is 14.4 Å². The van der Waals surface area contributed by atoms with Gasteiger partial charge in [0.25, 0.3) is 0 Å². The van der Waals surface area contributed by atoms with Crippen molar-refractivity contribution >= 4 is 18.3 Å². The van der Waals surface area contributed by atoms with Gasteiger partial charge in [-0.05, 0) is 33.7 Å². The summed E-state index contributed by atoms with van der Waals surface area (Å²) in [5.74, 6) is 0. The third-order valence-corrected chi connectivity index (χ3v) is 4.95. The molecular weight excluding hydrogens is 404 g/mol. The molecule has 182 valence electrons. The van der Waals surface area contributed by atoms with Gasteiger partial charge in [0.05, 0.1) is 0 Å². The molecule has 0 saturated carbocycles. The van der Waals surface area contributed by atoms with E-state index in [2.05, 4.69) is 0 Å². The summed E-state index contributed by atoms with van der Waals surface area (Å²) < 4.78 is 16.6. The van der Waals surface area contributed by atoms with Crippen LogP contribution in [0.25, 0.3) is 0 Å². The molecule has 6 N–H and O–H groups in total. The Labute approximate surface area is 186 Å². The van der Waals surface area contributed by atoms with E-state index in [9.17, 15) is 14.4 Å². The summed E-state index contributed by atoms with van der Waals surface area (Å²) in [6, 6.07) is -0.964. The second-order valence-corrected chi connectivity index (χ2v) is 10.6. The summed E-state index contributed by atoms with van der Waals surface area (Å²) in [4.78, 5) is 38.2. The first-order valence-corrected chi connectivity index (χ1v) is 10.4. The number of primary amides is 2. The summed E-state index contributed by atoms with van der Waals surface area (Å²) >= 11 is 0. The Morgan fingerprint density at radius 2 is 1.32 bits per heavy atom. The lowest BCUT2D eigenvalue weighted by atomic mass is 9.58. The Morgan fingerprint density at radius 3 is 1.65 bits per heavy atom. The van der Waals surface area contributed by atoms with Crippen LogP contribution in [0.1, 0.15) is 68.7 Å². The Bertz CT molecular complexity index is 617. The van der Waals surface area contributed by atoms with Crippen molar-refractivity contribution in [2.75, 3.05) is 19.7 Å². The molecule has 3 amide bonds. The Balaban J connectivity index is 6.92. The zero-order valence-corrected chi connectivity index (χ0v) is 20.5. The SMILES string of the molecule is CC(C)(C)OC(=O)N(CCCN)C(COC(N)=O)C(OC(N)=O)(C(C)(C)C)C(C)(C)C. The maximum absolute atomic E-state index is 13.3. The van der Waals surface area contributed by atoms with Gasteiger partial charge in [0.1, 0.15) is 23.9 Å². The monoisotopic (exact) mass is 446 g/mol. The van der Waals surface area contributed by atoms with E-state index in [1.54, 1.807) is 20.8 Å². The predicted molar refractivity (Wildman–Crippen MR) is 118 cm³/mol. The summed E-state index contributed by atoms with van der Waals surface area (Å²) in [6.07, 6.45) is -2.27. The fraction of sp³-hybridized carbons (Fsp3) is 0.857. The molecule has 0 rings (SSSR count). The number of rotatable bonds is 8. The van der Waals surface area contributed by atoms with E-state index in [-0.39, 0.29) is 13.2 Å². The number of amides is 3. The quantitative estimate of drug-likeness (QED) is 0.483. The summed E-state index contributed by atoms with van der Waals surface area (Å²) in [7, 11) is 0. The van der Waals surface area contributed by atoms with Crippen molar-refractivity contribution in [3.8, 4) is 0 Å². The van der Waals surface area contributed by atoms with Crippen molar-refractivity contribution in [1.82, 2.24) is 4.90 Å². The van der Waals surface area contributed by atoms with Crippen molar-refractivity contribution in [2.45, 2.75) is 86.0 Å². The fourth-order valence-corrected chi connectivity index (χ4v) is 4.20.